The molecule has 0 unspecified atom stereocenters. The van der Waals surface area contributed by atoms with Crippen LogP contribution in [-0.4, -0.2) is 40.4 Å². The smallest absolute Gasteiger partial charge is 0.354 e. The minimum atomic E-state index is -4.08. The van der Waals surface area contributed by atoms with Gasteiger partial charge < -0.3 is 10.6 Å². The minimum absolute atomic E-state index is 0. The Bertz CT molecular complexity index is 755. The maximum atomic E-state index is 12.8. The molecule has 6 nitrogen and oxygen atoms in total. The Morgan fingerprint density at radius 2 is 2.00 bits per heavy atom. The molecule has 0 spiro atoms. The normalized spacial score (nSPS) is 20.4. The Morgan fingerprint density at radius 3 is 2.61 bits per heavy atom. The van der Waals surface area contributed by atoms with Gasteiger partial charge in [-0.15, -0.1) is 24.0 Å². The van der Waals surface area contributed by atoms with E-state index in [1.807, 2.05) is 24.3 Å². The predicted molar refractivity (Wildman–Crippen MR) is 112 cm³/mol. The van der Waals surface area contributed by atoms with Crippen molar-refractivity contribution in [1.82, 2.24) is 25.8 Å². The van der Waals surface area contributed by atoms with Crippen molar-refractivity contribution in [2.45, 2.75) is 44.4 Å². The van der Waals surface area contributed by atoms with Crippen LogP contribution in [-0.2, 0) is 6.54 Å². The van der Waals surface area contributed by atoms with Crippen LogP contribution in [0.4, 0.5) is 13.2 Å². The highest BCUT2D eigenvalue weighted by Gasteiger charge is 2.41. The Labute approximate surface area is 178 Å². The van der Waals surface area contributed by atoms with Crippen molar-refractivity contribution in [3.05, 3.63) is 36.2 Å². The molecule has 1 aromatic heterocycles. The number of aliphatic imine (C=N–C) groups is 1. The van der Waals surface area contributed by atoms with Gasteiger partial charge in [0.25, 0.3) is 0 Å². The molecule has 0 aliphatic heterocycles. The molecule has 2 aromatic rings. The van der Waals surface area contributed by atoms with Gasteiger partial charge in [-0.3, -0.25) is 10.1 Å². The first kappa shape index (κ1) is 22.4. The number of rotatable bonds is 4. The molecule has 3 N–H and O–H groups in total. The molecule has 0 saturated heterocycles. The zero-order chi connectivity index (χ0) is 19.3. The Hall–Kier alpha value is -1.85. The Kier molecular flexibility index (Phi) is 8.08. The van der Waals surface area contributed by atoms with Crippen LogP contribution >= 0.6 is 24.0 Å². The highest BCUT2D eigenvalue weighted by atomic mass is 127. The van der Waals surface area contributed by atoms with Gasteiger partial charge in [-0.2, -0.15) is 18.3 Å². The van der Waals surface area contributed by atoms with Crippen molar-refractivity contribution in [2.24, 2.45) is 10.9 Å². The number of hydrogen-bond acceptors (Lipinski definition) is 3. The summed E-state index contributed by atoms with van der Waals surface area (Å²) in [5.74, 6) is 0.112. The average molecular weight is 508 g/mol. The van der Waals surface area contributed by atoms with Gasteiger partial charge in [0.15, 0.2) is 11.8 Å². The summed E-state index contributed by atoms with van der Waals surface area (Å²) in [4.78, 5) is 8.32. The molecule has 3 rings (SSSR count). The van der Waals surface area contributed by atoms with Crippen LogP contribution in [0.1, 0.15) is 31.2 Å². The SMILES string of the molecule is CN=C(NCc1cccc(-c2ncn[nH]2)c1)NC1CCC(C(F)(F)F)CC1.I. The molecule has 1 fully saturated rings. The van der Waals surface area contributed by atoms with Crippen LogP contribution in [0.3, 0.4) is 0 Å². The maximum absolute atomic E-state index is 12.8. The fraction of sp³-hybridized carbons (Fsp3) is 0.500. The molecule has 1 saturated carbocycles. The molecule has 0 amide bonds. The second kappa shape index (κ2) is 10.1. The van der Waals surface area contributed by atoms with E-state index in [0.29, 0.717) is 31.2 Å². The molecule has 1 aliphatic rings. The maximum Gasteiger partial charge on any atom is 0.391 e. The van der Waals surface area contributed by atoms with Crippen molar-refractivity contribution < 1.29 is 13.2 Å². The molecule has 0 atom stereocenters. The highest BCUT2D eigenvalue weighted by molar-refractivity contribution is 14.0. The van der Waals surface area contributed by atoms with Crippen LogP contribution in [0.25, 0.3) is 11.4 Å². The van der Waals surface area contributed by atoms with Crippen LogP contribution in [0, 0.1) is 5.92 Å². The molecular weight excluding hydrogens is 484 g/mol. The second-order valence-corrected chi connectivity index (χ2v) is 6.69. The number of benzene rings is 1. The molecule has 0 radical (unpaired) electrons. The third-order valence-electron chi connectivity index (χ3n) is 4.83. The highest BCUT2D eigenvalue weighted by Crippen LogP contribution is 2.37. The number of H-pyrrole nitrogens is 1. The zero-order valence-electron chi connectivity index (χ0n) is 15.5. The number of hydrogen-bond donors (Lipinski definition) is 3. The quantitative estimate of drug-likeness (QED) is 0.333. The lowest BCUT2D eigenvalue weighted by atomic mass is 9.85. The fourth-order valence-electron chi connectivity index (χ4n) is 3.31. The molecule has 1 aliphatic carbocycles. The molecular formula is C18H24F3IN6. The van der Waals surface area contributed by atoms with Crippen molar-refractivity contribution in [3.8, 4) is 11.4 Å². The Morgan fingerprint density at radius 1 is 1.25 bits per heavy atom. The van der Waals surface area contributed by atoms with Crippen molar-refractivity contribution >= 4 is 29.9 Å². The topological polar surface area (TPSA) is 78.0 Å². The zero-order valence-corrected chi connectivity index (χ0v) is 17.8. The van der Waals surface area contributed by atoms with Crippen LogP contribution < -0.4 is 10.6 Å². The molecule has 154 valence electrons. The van der Waals surface area contributed by atoms with Crippen molar-refractivity contribution in [2.75, 3.05) is 7.05 Å². The summed E-state index contributed by atoms with van der Waals surface area (Å²) < 4.78 is 38.3. The van der Waals surface area contributed by atoms with Gasteiger partial charge in [-0.25, -0.2) is 4.98 Å². The van der Waals surface area contributed by atoms with Gasteiger partial charge in [0, 0.05) is 25.2 Å². The van der Waals surface area contributed by atoms with Gasteiger partial charge in [0.05, 0.1) is 5.92 Å². The molecule has 0 bridgehead atoms. The van der Waals surface area contributed by atoms with Crippen LogP contribution in [0.15, 0.2) is 35.6 Å². The number of aromatic nitrogens is 3. The summed E-state index contributed by atoms with van der Waals surface area (Å²) in [6.07, 6.45) is -1.31. The number of aromatic amines is 1. The van der Waals surface area contributed by atoms with Crippen LogP contribution in [0.5, 0.6) is 0 Å². The van der Waals surface area contributed by atoms with E-state index in [1.165, 1.54) is 6.33 Å². The standard InChI is InChI=1S/C18H23F3N6.HI/c1-22-17(26-15-7-5-14(6-8-15)18(19,20)21)23-10-12-3-2-4-13(9-12)16-24-11-25-27-16;/h2-4,9,11,14-15H,5-8,10H2,1H3,(H2,22,23,26)(H,24,25,27);1H. The van der Waals surface area contributed by atoms with Crippen LogP contribution in [0.2, 0.25) is 0 Å². The second-order valence-electron chi connectivity index (χ2n) is 6.69. The molecule has 1 aromatic carbocycles. The van der Waals surface area contributed by atoms with E-state index in [1.54, 1.807) is 7.05 Å². The summed E-state index contributed by atoms with van der Waals surface area (Å²) in [5, 5.41) is 13.1. The van der Waals surface area contributed by atoms with Gasteiger partial charge in [-0.05, 0) is 37.3 Å². The predicted octanol–water partition coefficient (Wildman–Crippen LogP) is 3.88. The number of alkyl halides is 3. The third kappa shape index (κ3) is 6.08. The van der Waals surface area contributed by atoms with Crippen molar-refractivity contribution in [1.29, 1.82) is 0 Å². The van der Waals surface area contributed by atoms with Gasteiger partial charge in [-0.1, -0.05) is 18.2 Å². The largest absolute Gasteiger partial charge is 0.391 e. The first-order valence-electron chi connectivity index (χ1n) is 8.94. The molecule has 10 heteroatoms. The van der Waals surface area contributed by atoms with E-state index in [2.05, 4.69) is 30.8 Å². The first-order valence-corrected chi connectivity index (χ1v) is 8.94. The minimum Gasteiger partial charge on any atom is -0.354 e. The average Bonchev–Trinajstić information content (AvgIpc) is 3.20. The number of nitrogens with one attached hydrogen (secondary N) is 3. The summed E-state index contributed by atoms with van der Waals surface area (Å²) >= 11 is 0. The monoisotopic (exact) mass is 508 g/mol. The van der Waals surface area contributed by atoms with Crippen molar-refractivity contribution in [3.63, 3.8) is 0 Å². The summed E-state index contributed by atoms with van der Waals surface area (Å²) in [6.45, 7) is 0.541. The Balaban J connectivity index is 0.00000280. The van der Waals surface area contributed by atoms with E-state index in [4.69, 9.17) is 0 Å². The van der Waals surface area contributed by atoms with Gasteiger partial charge in [0.2, 0.25) is 0 Å². The summed E-state index contributed by atoms with van der Waals surface area (Å²) in [6, 6.07) is 7.86. The number of nitrogens with zero attached hydrogens (tertiary/aromatic N) is 3. The lowest BCUT2D eigenvalue weighted by Crippen LogP contribution is -2.45. The van der Waals surface area contributed by atoms with E-state index >= 15 is 0 Å². The number of halogens is 4. The van der Waals surface area contributed by atoms with E-state index in [-0.39, 0.29) is 42.9 Å². The van der Waals surface area contributed by atoms with E-state index < -0.39 is 12.1 Å². The molecule has 1 heterocycles. The lowest BCUT2D eigenvalue weighted by Gasteiger charge is -2.31. The first-order chi connectivity index (χ1) is 13.0. The molecule has 28 heavy (non-hydrogen) atoms. The number of guanidine groups is 1. The van der Waals surface area contributed by atoms with Gasteiger partial charge in [0.1, 0.15) is 6.33 Å². The fourth-order valence-corrected chi connectivity index (χ4v) is 3.31. The van der Waals surface area contributed by atoms with E-state index in [9.17, 15) is 13.2 Å². The van der Waals surface area contributed by atoms with E-state index in [0.717, 1.165) is 11.1 Å². The lowest BCUT2D eigenvalue weighted by molar-refractivity contribution is -0.182. The summed E-state index contributed by atoms with van der Waals surface area (Å²) in [7, 11) is 1.65. The van der Waals surface area contributed by atoms with Gasteiger partial charge >= 0.3 is 6.18 Å². The third-order valence-corrected chi connectivity index (χ3v) is 4.83. The summed E-state index contributed by atoms with van der Waals surface area (Å²) in [5.41, 5.74) is 1.97.